The number of hydrogen-bond acceptors (Lipinski definition) is 2. The van der Waals surface area contributed by atoms with Gasteiger partial charge < -0.3 is 4.74 Å². The number of esters is 1. The highest BCUT2D eigenvalue weighted by Gasteiger charge is 2.31. The van der Waals surface area contributed by atoms with Crippen LogP contribution in [-0.2, 0) is 9.53 Å². The fraction of sp³-hybridized carbons (Fsp3) is 0.500. The number of hydrogen-bond donors (Lipinski definition) is 0. The molecule has 0 fully saturated rings. The standard InChI is InChI=1S/C8H10Cl3O2/c1-2-7(12)13-8(5-10,6-11)3-4-9/h2-3H,1,4-6H2. The summed E-state index contributed by atoms with van der Waals surface area (Å²) in [6, 6.07) is 0. The van der Waals surface area contributed by atoms with Gasteiger partial charge in [-0.05, 0) is 0 Å². The van der Waals surface area contributed by atoms with Crippen LogP contribution in [-0.4, -0.2) is 29.2 Å². The van der Waals surface area contributed by atoms with E-state index in [1.54, 1.807) is 6.42 Å². The van der Waals surface area contributed by atoms with Crippen LogP contribution in [0, 0.1) is 6.42 Å². The Bertz CT molecular complexity index is 178. The molecule has 0 saturated carbocycles. The van der Waals surface area contributed by atoms with Crippen molar-refractivity contribution in [3.8, 4) is 0 Å². The minimum atomic E-state index is -0.990. The van der Waals surface area contributed by atoms with Gasteiger partial charge in [-0.15, -0.1) is 34.8 Å². The quantitative estimate of drug-likeness (QED) is 0.407. The van der Waals surface area contributed by atoms with Crippen LogP contribution >= 0.6 is 34.8 Å². The molecule has 1 radical (unpaired) electrons. The van der Waals surface area contributed by atoms with E-state index >= 15 is 0 Å². The van der Waals surface area contributed by atoms with Gasteiger partial charge in [-0.2, -0.15) is 0 Å². The van der Waals surface area contributed by atoms with Gasteiger partial charge in [-0.1, -0.05) is 6.58 Å². The fourth-order valence-corrected chi connectivity index (χ4v) is 1.52. The molecule has 0 N–H and O–H groups in total. The van der Waals surface area contributed by atoms with Crippen molar-refractivity contribution in [2.45, 2.75) is 5.60 Å². The summed E-state index contributed by atoms with van der Waals surface area (Å²) >= 11 is 16.7. The molecular weight excluding hydrogens is 234 g/mol. The van der Waals surface area contributed by atoms with Crippen LogP contribution in [0.3, 0.4) is 0 Å². The SMILES string of the molecule is C=CC(=O)OC([CH]CCl)(CCl)CCl. The van der Waals surface area contributed by atoms with Gasteiger partial charge in [0, 0.05) is 18.4 Å². The highest BCUT2D eigenvalue weighted by molar-refractivity contribution is 6.23. The summed E-state index contributed by atoms with van der Waals surface area (Å²) in [4.78, 5) is 10.9. The van der Waals surface area contributed by atoms with E-state index in [0.717, 1.165) is 6.08 Å². The van der Waals surface area contributed by atoms with E-state index < -0.39 is 11.6 Å². The van der Waals surface area contributed by atoms with Gasteiger partial charge in [-0.25, -0.2) is 4.79 Å². The van der Waals surface area contributed by atoms with Crippen molar-refractivity contribution < 1.29 is 9.53 Å². The topological polar surface area (TPSA) is 26.3 Å². The number of rotatable bonds is 6. The summed E-state index contributed by atoms with van der Waals surface area (Å²) in [5.41, 5.74) is -0.990. The first-order chi connectivity index (χ1) is 6.14. The second-order valence-corrected chi connectivity index (χ2v) is 3.16. The maximum absolute atomic E-state index is 10.9. The van der Waals surface area contributed by atoms with Gasteiger partial charge in [0.15, 0.2) is 0 Å². The Labute approximate surface area is 92.8 Å². The van der Waals surface area contributed by atoms with E-state index in [2.05, 4.69) is 6.58 Å². The van der Waals surface area contributed by atoms with Crippen molar-refractivity contribution in [3.63, 3.8) is 0 Å². The predicted molar refractivity (Wildman–Crippen MR) is 55.5 cm³/mol. The maximum atomic E-state index is 10.9. The third-order valence-corrected chi connectivity index (χ3v) is 2.43. The Morgan fingerprint density at radius 2 is 1.92 bits per heavy atom. The van der Waals surface area contributed by atoms with Gasteiger partial charge in [0.05, 0.1) is 11.8 Å². The van der Waals surface area contributed by atoms with Crippen LogP contribution < -0.4 is 0 Å². The number of ether oxygens (including phenoxy) is 1. The molecule has 0 aromatic heterocycles. The Balaban J connectivity index is 4.36. The minimum Gasteiger partial charge on any atom is -0.453 e. The molecule has 75 valence electrons. The minimum absolute atomic E-state index is 0.0722. The van der Waals surface area contributed by atoms with Gasteiger partial charge in [-0.3, -0.25) is 0 Å². The Hall–Kier alpha value is 0.0800. The lowest BCUT2D eigenvalue weighted by Crippen LogP contribution is -2.40. The van der Waals surface area contributed by atoms with E-state index in [4.69, 9.17) is 39.5 Å². The molecule has 2 nitrogen and oxygen atoms in total. The zero-order valence-corrected chi connectivity index (χ0v) is 9.20. The molecule has 0 spiro atoms. The molecule has 0 bridgehead atoms. The summed E-state index contributed by atoms with van der Waals surface area (Å²) in [5.74, 6) is -0.210. The normalized spacial score (nSPS) is 11.0. The number of carbonyl (C=O) groups excluding carboxylic acids is 1. The van der Waals surface area contributed by atoms with Crippen LogP contribution in [0.2, 0.25) is 0 Å². The van der Waals surface area contributed by atoms with E-state index in [-0.39, 0.29) is 17.6 Å². The van der Waals surface area contributed by atoms with Crippen LogP contribution in [0.15, 0.2) is 12.7 Å². The second kappa shape index (κ2) is 6.52. The van der Waals surface area contributed by atoms with Gasteiger partial charge >= 0.3 is 5.97 Å². The van der Waals surface area contributed by atoms with Crippen LogP contribution in [0.5, 0.6) is 0 Å². The van der Waals surface area contributed by atoms with Crippen molar-refractivity contribution >= 4 is 40.8 Å². The lowest BCUT2D eigenvalue weighted by Gasteiger charge is -2.27. The Kier molecular flexibility index (Phi) is 6.56. The molecule has 0 unspecified atom stereocenters. The van der Waals surface area contributed by atoms with Crippen molar-refractivity contribution in [2.24, 2.45) is 0 Å². The first-order valence-electron chi connectivity index (χ1n) is 3.52. The van der Waals surface area contributed by atoms with Crippen LogP contribution in [0.25, 0.3) is 0 Å². The molecule has 0 aliphatic carbocycles. The molecule has 0 aromatic carbocycles. The van der Waals surface area contributed by atoms with Gasteiger partial charge in [0.1, 0.15) is 5.60 Å². The number of halogens is 3. The fourth-order valence-electron chi connectivity index (χ4n) is 0.624. The lowest BCUT2D eigenvalue weighted by atomic mass is 10.1. The smallest absolute Gasteiger partial charge is 0.330 e. The summed E-state index contributed by atoms with van der Waals surface area (Å²) in [6.07, 6.45) is 2.60. The van der Waals surface area contributed by atoms with E-state index in [1.165, 1.54) is 0 Å². The third-order valence-electron chi connectivity index (χ3n) is 1.37. The first-order valence-corrected chi connectivity index (χ1v) is 5.12. The van der Waals surface area contributed by atoms with Crippen molar-refractivity contribution in [1.82, 2.24) is 0 Å². The molecule has 0 aromatic rings. The molecule has 0 amide bonds. The van der Waals surface area contributed by atoms with Gasteiger partial charge in [0.2, 0.25) is 0 Å². The second-order valence-electron chi connectivity index (χ2n) is 2.32. The summed E-state index contributed by atoms with van der Waals surface area (Å²) in [7, 11) is 0. The van der Waals surface area contributed by atoms with Crippen LogP contribution in [0.4, 0.5) is 0 Å². The number of carbonyl (C=O) groups is 1. The largest absolute Gasteiger partial charge is 0.453 e. The third kappa shape index (κ3) is 4.21. The molecule has 0 aliphatic rings. The van der Waals surface area contributed by atoms with Crippen molar-refractivity contribution in [3.05, 3.63) is 19.1 Å². The molecule has 0 aliphatic heterocycles. The summed E-state index contributed by atoms with van der Waals surface area (Å²) < 4.78 is 4.97. The van der Waals surface area contributed by atoms with E-state index in [1.807, 2.05) is 0 Å². The lowest BCUT2D eigenvalue weighted by molar-refractivity contribution is -0.146. The maximum Gasteiger partial charge on any atom is 0.330 e. The Morgan fingerprint density at radius 3 is 2.23 bits per heavy atom. The summed E-state index contributed by atoms with van der Waals surface area (Å²) in [6.45, 7) is 3.27. The molecule has 0 saturated heterocycles. The summed E-state index contributed by atoms with van der Waals surface area (Å²) in [5, 5.41) is 0. The molecular formula is C8H10Cl3O2. The van der Waals surface area contributed by atoms with Crippen molar-refractivity contribution in [1.29, 1.82) is 0 Å². The highest BCUT2D eigenvalue weighted by Crippen LogP contribution is 2.20. The van der Waals surface area contributed by atoms with Gasteiger partial charge in [0.25, 0.3) is 0 Å². The Morgan fingerprint density at radius 1 is 1.38 bits per heavy atom. The molecule has 0 rings (SSSR count). The van der Waals surface area contributed by atoms with Crippen LogP contribution in [0.1, 0.15) is 0 Å². The predicted octanol–water partition coefficient (Wildman–Crippen LogP) is 2.38. The monoisotopic (exact) mass is 243 g/mol. The number of alkyl halides is 3. The molecule has 5 heteroatoms. The average molecular weight is 245 g/mol. The molecule has 0 atom stereocenters. The van der Waals surface area contributed by atoms with Crippen molar-refractivity contribution in [2.75, 3.05) is 17.6 Å². The zero-order chi connectivity index (χ0) is 10.3. The molecule has 13 heavy (non-hydrogen) atoms. The first kappa shape index (κ1) is 13.1. The van der Waals surface area contributed by atoms with E-state index in [9.17, 15) is 4.79 Å². The van der Waals surface area contributed by atoms with E-state index in [0.29, 0.717) is 0 Å². The zero-order valence-electron chi connectivity index (χ0n) is 6.93. The molecule has 0 heterocycles. The highest BCUT2D eigenvalue weighted by atomic mass is 35.5. The average Bonchev–Trinajstić information content (AvgIpc) is 2.17.